The van der Waals surface area contributed by atoms with E-state index in [2.05, 4.69) is 11.8 Å². The molecule has 0 aliphatic carbocycles. The van der Waals surface area contributed by atoms with Crippen LogP contribution in [0.5, 0.6) is 0 Å². The Morgan fingerprint density at radius 3 is 2.71 bits per heavy atom. The zero-order valence-corrected chi connectivity index (χ0v) is 10.1. The zero-order valence-electron chi connectivity index (χ0n) is 10.1. The molecule has 1 aromatic carbocycles. The van der Waals surface area contributed by atoms with Gasteiger partial charge in [0.1, 0.15) is 12.1 Å². The minimum Gasteiger partial charge on any atom is -0.302 e. The fourth-order valence-corrected chi connectivity index (χ4v) is 2.54. The molecule has 3 heteroatoms. The summed E-state index contributed by atoms with van der Waals surface area (Å²) in [7, 11) is 0. The minimum absolute atomic E-state index is 0.0174. The van der Waals surface area contributed by atoms with E-state index in [4.69, 9.17) is 0 Å². The number of piperidine rings is 1. The number of hydrogen-bond acceptors (Lipinski definition) is 2. The maximum absolute atomic E-state index is 12.9. The second kappa shape index (κ2) is 5.41. The summed E-state index contributed by atoms with van der Waals surface area (Å²) in [6, 6.07) is 6.75. The number of halogens is 1. The third kappa shape index (κ3) is 2.72. The Labute approximate surface area is 101 Å². The van der Waals surface area contributed by atoms with E-state index in [0.717, 1.165) is 37.7 Å². The molecule has 92 valence electrons. The van der Waals surface area contributed by atoms with E-state index < -0.39 is 0 Å². The fourth-order valence-electron chi connectivity index (χ4n) is 2.54. The van der Waals surface area contributed by atoms with Crippen LogP contribution in [0.3, 0.4) is 0 Å². The van der Waals surface area contributed by atoms with Gasteiger partial charge >= 0.3 is 0 Å². The Hall–Kier alpha value is -1.22. The maximum atomic E-state index is 12.9. The van der Waals surface area contributed by atoms with Crippen LogP contribution in [0.2, 0.25) is 0 Å². The SMILES string of the molecule is CC(c1ccc(F)cc1)N1CCCCC1C=O. The smallest absolute Gasteiger partial charge is 0.137 e. The van der Waals surface area contributed by atoms with Crippen molar-refractivity contribution in [1.29, 1.82) is 0 Å². The van der Waals surface area contributed by atoms with Crippen LogP contribution >= 0.6 is 0 Å². The van der Waals surface area contributed by atoms with Crippen molar-refractivity contribution in [2.45, 2.75) is 38.3 Å². The van der Waals surface area contributed by atoms with Crippen LogP contribution in [0, 0.1) is 5.82 Å². The molecule has 1 saturated heterocycles. The van der Waals surface area contributed by atoms with E-state index in [-0.39, 0.29) is 17.9 Å². The number of rotatable bonds is 3. The van der Waals surface area contributed by atoms with E-state index in [0.29, 0.717) is 0 Å². The highest BCUT2D eigenvalue weighted by Crippen LogP contribution is 2.27. The largest absolute Gasteiger partial charge is 0.302 e. The molecule has 2 atom stereocenters. The van der Waals surface area contributed by atoms with E-state index in [9.17, 15) is 9.18 Å². The first-order valence-corrected chi connectivity index (χ1v) is 6.19. The van der Waals surface area contributed by atoms with Crippen molar-refractivity contribution >= 4 is 6.29 Å². The Bertz CT molecular complexity index is 376. The first-order chi connectivity index (χ1) is 8.22. The summed E-state index contributed by atoms with van der Waals surface area (Å²) < 4.78 is 12.9. The average molecular weight is 235 g/mol. The molecule has 17 heavy (non-hydrogen) atoms. The number of carbonyl (C=O) groups is 1. The van der Waals surface area contributed by atoms with Crippen LogP contribution in [-0.4, -0.2) is 23.8 Å². The molecule has 2 nitrogen and oxygen atoms in total. The molecular formula is C14H18FNO. The molecule has 1 aliphatic heterocycles. The quantitative estimate of drug-likeness (QED) is 0.751. The summed E-state index contributed by atoms with van der Waals surface area (Å²) in [5.74, 6) is -0.216. The number of hydrogen-bond donors (Lipinski definition) is 0. The summed E-state index contributed by atoms with van der Waals surface area (Å²) >= 11 is 0. The lowest BCUT2D eigenvalue weighted by Gasteiger charge is -2.37. The van der Waals surface area contributed by atoms with Crippen LogP contribution in [0.25, 0.3) is 0 Å². The van der Waals surface area contributed by atoms with Crippen LogP contribution in [0.4, 0.5) is 4.39 Å². The van der Waals surface area contributed by atoms with Crippen LogP contribution in [0.1, 0.15) is 37.8 Å². The summed E-state index contributed by atoms with van der Waals surface area (Å²) in [6.45, 7) is 3.02. The van der Waals surface area contributed by atoms with Crippen molar-refractivity contribution in [3.05, 3.63) is 35.6 Å². The molecule has 0 amide bonds. The van der Waals surface area contributed by atoms with Crippen LogP contribution < -0.4 is 0 Å². The van der Waals surface area contributed by atoms with Gasteiger partial charge in [-0.15, -0.1) is 0 Å². The van der Waals surface area contributed by atoms with Gasteiger partial charge in [0, 0.05) is 6.04 Å². The molecule has 1 aliphatic rings. The second-order valence-electron chi connectivity index (χ2n) is 4.66. The van der Waals surface area contributed by atoms with Crippen molar-refractivity contribution in [3.8, 4) is 0 Å². The van der Waals surface area contributed by atoms with Gasteiger partial charge in [-0.25, -0.2) is 4.39 Å². The standard InChI is InChI=1S/C14H18FNO/c1-11(12-5-7-13(15)8-6-12)16-9-3-2-4-14(16)10-17/h5-8,10-11,14H,2-4,9H2,1H3. The van der Waals surface area contributed by atoms with Gasteiger partial charge in [0.2, 0.25) is 0 Å². The highest BCUT2D eigenvalue weighted by molar-refractivity contribution is 5.57. The average Bonchev–Trinajstić information content (AvgIpc) is 2.39. The molecule has 0 bridgehead atoms. The van der Waals surface area contributed by atoms with Gasteiger partial charge in [-0.3, -0.25) is 4.90 Å². The summed E-state index contributed by atoms with van der Waals surface area (Å²) in [5, 5.41) is 0. The van der Waals surface area contributed by atoms with Crippen molar-refractivity contribution in [3.63, 3.8) is 0 Å². The van der Waals surface area contributed by atoms with Crippen molar-refractivity contribution in [2.24, 2.45) is 0 Å². The minimum atomic E-state index is -0.216. The predicted molar refractivity (Wildman–Crippen MR) is 65.2 cm³/mol. The van der Waals surface area contributed by atoms with Crippen LogP contribution in [-0.2, 0) is 4.79 Å². The summed E-state index contributed by atoms with van der Waals surface area (Å²) in [5.41, 5.74) is 1.07. The van der Waals surface area contributed by atoms with Gasteiger partial charge in [-0.2, -0.15) is 0 Å². The highest BCUT2D eigenvalue weighted by atomic mass is 19.1. The molecule has 0 radical (unpaired) electrons. The summed E-state index contributed by atoms with van der Waals surface area (Å²) in [6.07, 6.45) is 4.24. The molecule has 0 N–H and O–H groups in total. The number of benzene rings is 1. The first-order valence-electron chi connectivity index (χ1n) is 6.19. The topological polar surface area (TPSA) is 20.3 Å². The lowest BCUT2D eigenvalue weighted by molar-refractivity contribution is -0.114. The Balaban J connectivity index is 2.14. The monoisotopic (exact) mass is 235 g/mol. The second-order valence-corrected chi connectivity index (χ2v) is 4.66. The molecule has 0 spiro atoms. The lowest BCUT2D eigenvalue weighted by atomic mass is 9.98. The van der Waals surface area contributed by atoms with Crippen LogP contribution in [0.15, 0.2) is 24.3 Å². The van der Waals surface area contributed by atoms with E-state index >= 15 is 0 Å². The molecule has 2 unspecified atom stereocenters. The zero-order chi connectivity index (χ0) is 12.3. The van der Waals surface area contributed by atoms with Gasteiger partial charge in [0.15, 0.2) is 0 Å². The summed E-state index contributed by atoms with van der Waals surface area (Å²) in [4.78, 5) is 13.3. The number of carbonyl (C=O) groups excluding carboxylic acids is 1. The first kappa shape index (κ1) is 12.2. The van der Waals surface area contributed by atoms with Crippen molar-refractivity contribution in [2.75, 3.05) is 6.54 Å². The number of likely N-dealkylation sites (tertiary alicyclic amines) is 1. The normalized spacial score (nSPS) is 23.3. The van der Waals surface area contributed by atoms with Crippen molar-refractivity contribution in [1.82, 2.24) is 4.90 Å². The molecule has 1 aromatic rings. The van der Waals surface area contributed by atoms with E-state index in [1.54, 1.807) is 12.1 Å². The fraction of sp³-hybridized carbons (Fsp3) is 0.500. The Morgan fingerprint density at radius 2 is 2.06 bits per heavy atom. The van der Waals surface area contributed by atoms with Gasteiger partial charge in [-0.1, -0.05) is 18.6 Å². The predicted octanol–water partition coefficient (Wildman–Crippen LogP) is 2.94. The molecule has 2 rings (SSSR count). The number of nitrogens with zero attached hydrogens (tertiary/aromatic N) is 1. The lowest BCUT2D eigenvalue weighted by Crippen LogP contribution is -2.42. The molecule has 1 heterocycles. The third-order valence-corrected chi connectivity index (χ3v) is 3.60. The van der Waals surface area contributed by atoms with Crippen molar-refractivity contribution < 1.29 is 9.18 Å². The molecule has 0 saturated carbocycles. The van der Waals surface area contributed by atoms with Gasteiger partial charge in [0.05, 0.1) is 6.04 Å². The molecular weight excluding hydrogens is 217 g/mol. The van der Waals surface area contributed by atoms with Gasteiger partial charge in [0.25, 0.3) is 0 Å². The molecule has 0 aromatic heterocycles. The van der Waals surface area contributed by atoms with Gasteiger partial charge < -0.3 is 4.79 Å². The Morgan fingerprint density at radius 1 is 1.35 bits per heavy atom. The third-order valence-electron chi connectivity index (χ3n) is 3.60. The highest BCUT2D eigenvalue weighted by Gasteiger charge is 2.26. The Kier molecular flexibility index (Phi) is 3.89. The van der Waals surface area contributed by atoms with E-state index in [1.807, 2.05) is 0 Å². The van der Waals surface area contributed by atoms with E-state index in [1.165, 1.54) is 12.1 Å². The van der Waals surface area contributed by atoms with Gasteiger partial charge in [-0.05, 0) is 44.0 Å². The molecule has 1 fully saturated rings. The maximum Gasteiger partial charge on any atom is 0.137 e. The number of aldehydes is 1.